The van der Waals surface area contributed by atoms with E-state index in [0.717, 1.165) is 11.8 Å². The van der Waals surface area contributed by atoms with Crippen LogP contribution in [0.25, 0.3) is 0 Å². The Morgan fingerprint density at radius 2 is 1.62 bits per heavy atom. The minimum Gasteiger partial charge on any atom is -0.0704 e. The van der Waals surface area contributed by atoms with Crippen molar-refractivity contribution in [3.05, 3.63) is 11.1 Å². The van der Waals surface area contributed by atoms with Crippen LogP contribution in [0.15, 0.2) is 11.1 Å². The van der Waals surface area contributed by atoms with Gasteiger partial charge in [0.25, 0.3) is 0 Å². The molecule has 2 atom stereocenters. The van der Waals surface area contributed by atoms with E-state index in [1.54, 1.807) is 0 Å². The summed E-state index contributed by atoms with van der Waals surface area (Å²) in [4.78, 5) is 0. The number of hydrogen-bond donors (Lipinski definition) is 0. The second-order valence-electron chi connectivity index (χ2n) is 3.35. The smallest absolute Gasteiger partial charge is 0.0129 e. The van der Waals surface area contributed by atoms with E-state index in [1.807, 2.05) is 11.1 Å². The largest absolute Gasteiger partial charge is 0.0704 e. The molecular formula is C8H10. The Hall–Kier alpha value is -0.260. The lowest BCUT2D eigenvalue weighted by Crippen LogP contribution is -1.74. The molecule has 0 nitrogen and oxygen atoms in total. The summed E-state index contributed by atoms with van der Waals surface area (Å²) < 4.78 is 0. The van der Waals surface area contributed by atoms with Crippen LogP contribution in [0.3, 0.4) is 0 Å². The van der Waals surface area contributed by atoms with Gasteiger partial charge < -0.3 is 0 Å². The molecule has 3 aliphatic carbocycles. The third-order valence-electron chi connectivity index (χ3n) is 3.10. The summed E-state index contributed by atoms with van der Waals surface area (Å²) in [5.41, 5.74) is 3.77. The maximum absolute atomic E-state index is 1.91. The van der Waals surface area contributed by atoms with Gasteiger partial charge in [-0.2, -0.15) is 0 Å². The number of allylic oxidation sites excluding steroid dienone is 2. The molecule has 8 heavy (non-hydrogen) atoms. The molecule has 0 saturated heterocycles. The lowest BCUT2D eigenvalue weighted by molar-refractivity contribution is 0.663. The quantitative estimate of drug-likeness (QED) is 0.415. The predicted molar refractivity (Wildman–Crippen MR) is 32.5 cm³/mol. The van der Waals surface area contributed by atoms with Gasteiger partial charge in [0.1, 0.15) is 0 Å². The van der Waals surface area contributed by atoms with Gasteiger partial charge in [-0.25, -0.2) is 0 Å². The summed E-state index contributed by atoms with van der Waals surface area (Å²) in [6.45, 7) is 0. The van der Waals surface area contributed by atoms with Gasteiger partial charge >= 0.3 is 0 Å². The second-order valence-corrected chi connectivity index (χ2v) is 3.35. The molecule has 0 aromatic rings. The van der Waals surface area contributed by atoms with Crippen LogP contribution in [0.4, 0.5) is 0 Å². The summed E-state index contributed by atoms with van der Waals surface area (Å²) in [5, 5.41) is 0. The minimum absolute atomic E-state index is 1.12. The summed E-state index contributed by atoms with van der Waals surface area (Å²) in [6, 6.07) is 0. The van der Waals surface area contributed by atoms with E-state index in [-0.39, 0.29) is 0 Å². The fraction of sp³-hybridized carbons (Fsp3) is 0.750. The molecule has 42 valence electrons. The Morgan fingerprint density at radius 3 is 2.00 bits per heavy atom. The molecule has 0 aliphatic heterocycles. The van der Waals surface area contributed by atoms with Crippen molar-refractivity contribution in [2.45, 2.75) is 25.7 Å². The van der Waals surface area contributed by atoms with Crippen molar-refractivity contribution in [1.29, 1.82) is 0 Å². The van der Waals surface area contributed by atoms with E-state index in [9.17, 15) is 0 Å². The van der Waals surface area contributed by atoms with Gasteiger partial charge in [-0.3, -0.25) is 0 Å². The molecule has 0 N–H and O–H groups in total. The van der Waals surface area contributed by atoms with E-state index in [1.165, 1.54) is 25.7 Å². The van der Waals surface area contributed by atoms with Gasteiger partial charge in [0.2, 0.25) is 0 Å². The zero-order chi connectivity index (χ0) is 5.14. The number of rotatable bonds is 0. The van der Waals surface area contributed by atoms with Crippen LogP contribution in [-0.2, 0) is 0 Å². The Morgan fingerprint density at radius 1 is 1.00 bits per heavy atom. The fourth-order valence-electron chi connectivity index (χ4n) is 2.69. The summed E-state index contributed by atoms with van der Waals surface area (Å²) >= 11 is 0. The van der Waals surface area contributed by atoms with Gasteiger partial charge in [0.05, 0.1) is 0 Å². The first kappa shape index (κ1) is 3.71. The molecule has 0 aromatic carbocycles. The van der Waals surface area contributed by atoms with Crippen molar-refractivity contribution in [2.24, 2.45) is 11.8 Å². The third-order valence-corrected chi connectivity index (χ3v) is 3.10. The third kappa shape index (κ3) is 0.229. The van der Waals surface area contributed by atoms with Crippen LogP contribution >= 0.6 is 0 Å². The van der Waals surface area contributed by atoms with Gasteiger partial charge in [-0.1, -0.05) is 11.1 Å². The van der Waals surface area contributed by atoms with E-state index < -0.39 is 0 Å². The van der Waals surface area contributed by atoms with E-state index >= 15 is 0 Å². The molecule has 0 spiro atoms. The second kappa shape index (κ2) is 0.896. The molecule has 0 heterocycles. The van der Waals surface area contributed by atoms with Crippen molar-refractivity contribution < 1.29 is 0 Å². The predicted octanol–water partition coefficient (Wildman–Crippen LogP) is 2.12. The molecule has 0 radical (unpaired) electrons. The van der Waals surface area contributed by atoms with Crippen molar-refractivity contribution in [3.8, 4) is 0 Å². The van der Waals surface area contributed by atoms with Gasteiger partial charge in [-0.15, -0.1) is 0 Å². The Bertz CT molecular complexity index is 158. The molecule has 2 unspecified atom stereocenters. The van der Waals surface area contributed by atoms with E-state index in [2.05, 4.69) is 0 Å². The maximum Gasteiger partial charge on any atom is -0.0129 e. The average molecular weight is 106 g/mol. The van der Waals surface area contributed by atoms with Gasteiger partial charge in [0, 0.05) is 0 Å². The molecule has 1 fully saturated rings. The number of hydrogen-bond acceptors (Lipinski definition) is 0. The summed E-state index contributed by atoms with van der Waals surface area (Å²) in [7, 11) is 0. The van der Waals surface area contributed by atoms with Gasteiger partial charge in [-0.05, 0) is 37.5 Å². The topological polar surface area (TPSA) is 0 Å². The Balaban J connectivity index is 2.20. The Kier molecular flexibility index (Phi) is 0.415. The zero-order valence-electron chi connectivity index (χ0n) is 4.98. The molecule has 0 aromatic heterocycles. The molecule has 3 aliphatic rings. The standard InChI is InChI=1S/C8H10/c1-3-6-7-4-2-5(1)8(6)7/h6-7H,1-4H2. The average Bonchev–Trinajstić information content (AvgIpc) is 2.11. The summed E-state index contributed by atoms with van der Waals surface area (Å²) in [6.07, 6.45) is 5.98. The molecule has 0 amide bonds. The highest BCUT2D eigenvalue weighted by Crippen LogP contribution is 2.64. The van der Waals surface area contributed by atoms with Crippen molar-refractivity contribution in [3.63, 3.8) is 0 Å². The lowest BCUT2D eigenvalue weighted by atomic mass is 10.2. The molecular weight excluding hydrogens is 96.1 g/mol. The minimum atomic E-state index is 1.12. The molecule has 1 saturated carbocycles. The normalized spacial score (nSPS) is 48.0. The zero-order valence-corrected chi connectivity index (χ0v) is 4.98. The van der Waals surface area contributed by atoms with Crippen LogP contribution in [0.1, 0.15) is 25.7 Å². The monoisotopic (exact) mass is 106 g/mol. The molecule has 3 rings (SSSR count). The fourth-order valence-corrected chi connectivity index (χ4v) is 2.69. The van der Waals surface area contributed by atoms with Crippen LogP contribution in [-0.4, -0.2) is 0 Å². The highest BCUT2D eigenvalue weighted by molar-refractivity contribution is 5.43. The number of fused-ring (bicyclic) bond motifs is 1. The summed E-state index contributed by atoms with van der Waals surface area (Å²) in [5.74, 6) is 2.25. The van der Waals surface area contributed by atoms with Crippen LogP contribution in [0.5, 0.6) is 0 Å². The highest BCUT2D eigenvalue weighted by atomic mass is 14.6. The van der Waals surface area contributed by atoms with Crippen LogP contribution < -0.4 is 0 Å². The van der Waals surface area contributed by atoms with Crippen LogP contribution in [0.2, 0.25) is 0 Å². The van der Waals surface area contributed by atoms with Crippen molar-refractivity contribution >= 4 is 0 Å². The van der Waals surface area contributed by atoms with E-state index in [4.69, 9.17) is 0 Å². The first-order valence-corrected chi connectivity index (χ1v) is 3.68. The molecule has 0 bridgehead atoms. The SMILES string of the molecule is C1CC2C3=C1CCC32. The lowest BCUT2D eigenvalue weighted by Gasteiger charge is -1.88. The molecule has 0 heteroatoms. The first-order chi connectivity index (χ1) is 3.97. The first-order valence-electron chi connectivity index (χ1n) is 3.68. The maximum atomic E-state index is 1.91. The van der Waals surface area contributed by atoms with Gasteiger partial charge in [0.15, 0.2) is 0 Å². The van der Waals surface area contributed by atoms with Crippen molar-refractivity contribution in [1.82, 2.24) is 0 Å². The van der Waals surface area contributed by atoms with Crippen LogP contribution in [0, 0.1) is 11.8 Å². The van der Waals surface area contributed by atoms with Crippen molar-refractivity contribution in [2.75, 3.05) is 0 Å². The van der Waals surface area contributed by atoms with E-state index in [0.29, 0.717) is 0 Å². The Labute approximate surface area is 49.6 Å². The highest BCUT2D eigenvalue weighted by Gasteiger charge is 2.52.